The van der Waals surface area contributed by atoms with Gasteiger partial charge in [-0.3, -0.25) is 9.59 Å². The summed E-state index contributed by atoms with van der Waals surface area (Å²) in [6.07, 6.45) is 0. The molecule has 0 spiro atoms. The molecule has 1 aromatic heterocycles. The molecule has 4 rings (SSSR count). The number of benzene rings is 3. The van der Waals surface area contributed by atoms with Gasteiger partial charge in [0.15, 0.2) is 5.76 Å². The molecule has 2 amide bonds. The number of para-hydroxylation sites is 3. The number of ether oxygens (including phenoxy) is 1. The van der Waals surface area contributed by atoms with E-state index in [9.17, 15) is 9.59 Å². The molecule has 7 heteroatoms. The van der Waals surface area contributed by atoms with Gasteiger partial charge in [0, 0.05) is 10.9 Å². The van der Waals surface area contributed by atoms with Crippen molar-refractivity contribution in [1.82, 2.24) is 5.32 Å². The normalized spacial score (nSPS) is 10.7. The third-order valence-electron chi connectivity index (χ3n) is 4.95. The fourth-order valence-corrected chi connectivity index (χ4v) is 3.25. The highest BCUT2D eigenvalue weighted by Gasteiger charge is 2.13. The van der Waals surface area contributed by atoms with Gasteiger partial charge < -0.3 is 25.5 Å². The number of carbonyl (C=O) groups excluding carboxylic acids is 2. The number of rotatable bonds is 7. The van der Waals surface area contributed by atoms with Gasteiger partial charge >= 0.3 is 0 Å². The number of hydrogen-bond donors (Lipinski definition) is 3. The number of aryl methyl sites for hydroxylation is 1. The summed E-state index contributed by atoms with van der Waals surface area (Å²) < 4.78 is 11.3. The zero-order chi connectivity index (χ0) is 22.5. The minimum Gasteiger partial charge on any atom is -0.492 e. The quantitative estimate of drug-likeness (QED) is 0.298. The van der Waals surface area contributed by atoms with Crippen molar-refractivity contribution >= 4 is 34.2 Å². The number of hydrogen-bond acceptors (Lipinski definition) is 5. The Morgan fingerprint density at radius 1 is 0.969 bits per heavy atom. The molecule has 0 aliphatic carbocycles. The number of fused-ring (bicyclic) bond motifs is 1. The van der Waals surface area contributed by atoms with E-state index in [0.29, 0.717) is 34.8 Å². The van der Waals surface area contributed by atoms with Crippen molar-refractivity contribution in [3.05, 3.63) is 89.7 Å². The first kappa shape index (κ1) is 21.0. The molecular weight excluding hydrogens is 406 g/mol. The first-order valence-corrected chi connectivity index (χ1v) is 10.2. The lowest BCUT2D eigenvalue weighted by atomic mass is 10.2. The third kappa shape index (κ3) is 4.73. The smallest absolute Gasteiger partial charge is 0.287 e. The SMILES string of the molecule is Cc1cccc2cc(C(=O)NCCOc3ccc(C(=O)Nc4ccccc4N)cc3)oc12. The highest BCUT2D eigenvalue weighted by Crippen LogP contribution is 2.22. The van der Waals surface area contributed by atoms with Crippen LogP contribution in [0.3, 0.4) is 0 Å². The first-order valence-electron chi connectivity index (χ1n) is 10.2. The van der Waals surface area contributed by atoms with Crippen molar-refractivity contribution in [3.63, 3.8) is 0 Å². The minimum absolute atomic E-state index is 0.261. The van der Waals surface area contributed by atoms with Crippen LogP contribution in [0, 0.1) is 6.92 Å². The van der Waals surface area contributed by atoms with E-state index in [0.717, 1.165) is 10.9 Å². The van der Waals surface area contributed by atoms with E-state index in [4.69, 9.17) is 14.9 Å². The molecule has 4 N–H and O–H groups in total. The van der Waals surface area contributed by atoms with Gasteiger partial charge in [0.25, 0.3) is 11.8 Å². The van der Waals surface area contributed by atoms with Crippen LogP contribution in [0.5, 0.6) is 5.75 Å². The number of nitrogens with two attached hydrogens (primary N) is 1. The number of amides is 2. The van der Waals surface area contributed by atoms with Gasteiger partial charge in [0.05, 0.1) is 17.9 Å². The Morgan fingerprint density at radius 3 is 2.50 bits per heavy atom. The standard InChI is InChI=1S/C25H23N3O4/c1-16-5-4-6-18-15-22(32-23(16)18)25(30)27-13-14-31-19-11-9-17(10-12-19)24(29)28-21-8-3-2-7-20(21)26/h2-12,15H,13-14,26H2,1H3,(H,27,30)(H,28,29). The Bertz CT molecular complexity index is 1260. The Balaban J connectivity index is 1.26. The van der Waals surface area contributed by atoms with Crippen LogP contribution in [-0.2, 0) is 0 Å². The summed E-state index contributed by atoms with van der Waals surface area (Å²) >= 11 is 0. The second kappa shape index (κ2) is 9.26. The lowest BCUT2D eigenvalue weighted by molar-refractivity contribution is 0.0920. The minimum atomic E-state index is -0.295. The van der Waals surface area contributed by atoms with E-state index in [1.165, 1.54) is 0 Å². The van der Waals surface area contributed by atoms with E-state index in [1.807, 2.05) is 25.1 Å². The second-order valence-corrected chi connectivity index (χ2v) is 7.27. The molecule has 3 aromatic carbocycles. The van der Waals surface area contributed by atoms with Crippen LogP contribution in [-0.4, -0.2) is 25.0 Å². The second-order valence-electron chi connectivity index (χ2n) is 7.27. The van der Waals surface area contributed by atoms with Gasteiger partial charge in [-0.25, -0.2) is 0 Å². The predicted molar refractivity (Wildman–Crippen MR) is 124 cm³/mol. The zero-order valence-electron chi connectivity index (χ0n) is 17.6. The molecule has 0 saturated carbocycles. The molecule has 0 aliphatic heterocycles. The van der Waals surface area contributed by atoms with Crippen LogP contribution in [0.15, 0.2) is 77.2 Å². The topological polar surface area (TPSA) is 107 Å². The zero-order valence-corrected chi connectivity index (χ0v) is 17.6. The maximum Gasteiger partial charge on any atom is 0.287 e. The monoisotopic (exact) mass is 429 g/mol. The Labute approximate surface area is 185 Å². The third-order valence-corrected chi connectivity index (χ3v) is 4.95. The number of nitrogen functional groups attached to an aromatic ring is 1. The van der Waals surface area contributed by atoms with Crippen molar-refractivity contribution in [2.45, 2.75) is 6.92 Å². The summed E-state index contributed by atoms with van der Waals surface area (Å²) in [5.41, 5.74) is 9.09. The Morgan fingerprint density at radius 2 is 1.75 bits per heavy atom. The number of anilines is 2. The molecule has 0 fully saturated rings. The van der Waals surface area contributed by atoms with Crippen LogP contribution in [0.1, 0.15) is 26.5 Å². The molecule has 32 heavy (non-hydrogen) atoms. The van der Waals surface area contributed by atoms with Gasteiger partial charge in [0.1, 0.15) is 17.9 Å². The molecule has 0 saturated heterocycles. The van der Waals surface area contributed by atoms with Crippen molar-refractivity contribution in [2.75, 3.05) is 24.2 Å². The molecular formula is C25H23N3O4. The molecule has 7 nitrogen and oxygen atoms in total. The van der Waals surface area contributed by atoms with Crippen molar-refractivity contribution < 1.29 is 18.7 Å². The van der Waals surface area contributed by atoms with Crippen LogP contribution in [0.4, 0.5) is 11.4 Å². The van der Waals surface area contributed by atoms with Crippen LogP contribution < -0.4 is 21.1 Å². The molecule has 1 heterocycles. The average Bonchev–Trinajstić information content (AvgIpc) is 3.24. The fraction of sp³-hybridized carbons (Fsp3) is 0.120. The van der Waals surface area contributed by atoms with E-state index in [2.05, 4.69) is 10.6 Å². The summed E-state index contributed by atoms with van der Waals surface area (Å²) in [6, 6.07) is 21.3. The lowest BCUT2D eigenvalue weighted by Crippen LogP contribution is -2.27. The van der Waals surface area contributed by atoms with E-state index < -0.39 is 0 Å². The molecule has 0 atom stereocenters. The largest absolute Gasteiger partial charge is 0.492 e. The summed E-state index contributed by atoms with van der Waals surface area (Å²) in [4.78, 5) is 24.7. The highest BCUT2D eigenvalue weighted by atomic mass is 16.5. The average molecular weight is 429 g/mol. The maximum absolute atomic E-state index is 12.4. The molecule has 162 valence electrons. The number of nitrogens with one attached hydrogen (secondary N) is 2. The first-order chi connectivity index (χ1) is 15.5. The molecule has 0 radical (unpaired) electrons. The van der Waals surface area contributed by atoms with E-state index in [1.54, 1.807) is 54.6 Å². The van der Waals surface area contributed by atoms with Crippen LogP contribution >= 0.6 is 0 Å². The van der Waals surface area contributed by atoms with Gasteiger partial charge in [-0.15, -0.1) is 0 Å². The van der Waals surface area contributed by atoms with E-state index in [-0.39, 0.29) is 24.2 Å². The molecule has 0 aliphatic rings. The Kier molecular flexibility index (Phi) is 6.07. The fourth-order valence-electron chi connectivity index (χ4n) is 3.25. The summed E-state index contributed by atoms with van der Waals surface area (Å²) in [6.45, 7) is 2.52. The lowest BCUT2D eigenvalue weighted by Gasteiger charge is -2.09. The van der Waals surface area contributed by atoms with Crippen molar-refractivity contribution in [2.24, 2.45) is 0 Å². The highest BCUT2D eigenvalue weighted by molar-refractivity contribution is 6.05. The van der Waals surface area contributed by atoms with Crippen LogP contribution in [0.25, 0.3) is 11.0 Å². The molecule has 0 bridgehead atoms. The summed E-state index contributed by atoms with van der Waals surface area (Å²) in [7, 11) is 0. The Hall–Kier alpha value is -4.26. The summed E-state index contributed by atoms with van der Waals surface area (Å²) in [5, 5.41) is 6.45. The van der Waals surface area contributed by atoms with Gasteiger partial charge in [-0.2, -0.15) is 0 Å². The van der Waals surface area contributed by atoms with Crippen molar-refractivity contribution in [1.29, 1.82) is 0 Å². The van der Waals surface area contributed by atoms with Gasteiger partial charge in [-0.1, -0.05) is 30.3 Å². The van der Waals surface area contributed by atoms with E-state index >= 15 is 0 Å². The summed E-state index contributed by atoms with van der Waals surface area (Å²) in [5.74, 6) is 0.303. The molecule has 4 aromatic rings. The predicted octanol–water partition coefficient (Wildman–Crippen LogP) is 4.38. The van der Waals surface area contributed by atoms with Gasteiger partial charge in [0.2, 0.25) is 0 Å². The molecule has 0 unspecified atom stereocenters. The van der Waals surface area contributed by atoms with Crippen LogP contribution in [0.2, 0.25) is 0 Å². The maximum atomic E-state index is 12.4. The van der Waals surface area contributed by atoms with Gasteiger partial charge in [-0.05, 0) is 55.0 Å². The van der Waals surface area contributed by atoms with Crippen molar-refractivity contribution in [3.8, 4) is 5.75 Å². The number of furan rings is 1. The number of carbonyl (C=O) groups is 2.